The van der Waals surface area contributed by atoms with Gasteiger partial charge in [-0.05, 0) is 61.0 Å². The normalized spacial score (nSPS) is 11.2. The number of ether oxygens (including phenoxy) is 1. The number of sulfonamides is 1. The molecule has 152 valence electrons. The molecule has 1 aromatic heterocycles. The van der Waals surface area contributed by atoms with E-state index in [1.165, 1.54) is 18.4 Å². The molecule has 0 aliphatic heterocycles. The summed E-state index contributed by atoms with van der Waals surface area (Å²) >= 11 is 5.96. The molecular weight excluding hydrogens is 416 g/mol. The average molecular weight is 435 g/mol. The molecule has 0 spiro atoms. The van der Waals surface area contributed by atoms with Crippen molar-refractivity contribution >= 4 is 33.2 Å². The predicted molar refractivity (Wildman–Crippen MR) is 109 cm³/mol. The first kappa shape index (κ1) is 20.9. The first-order chi connectivity index (χ1) is 13.8. The van der Waals surface area contributed by atoms with Crippen molar-refractivity contribution < 1.29 is 22.4 Å². The van der Waals surface area contributed by atoms with Crippen molar-refractivity contribution in [3.8, 4) is 5.75 Å². The van der Waals surface area contributed by atoms with E-state index >= 15 is 0 Å². The highest BCUT2D eigenvalue weighted by Crippen LogP contribution is 2.21. The Balaban J connectivity index is 1.59. The van der Waals surface area contributed by atoms with Gasteiger partial charge in [-0.3, -0.25) is 4.79 Å². The Labute approximate surface area is 173 Å². The Morgan fingerprint density at radius 3 is 2.69 bits per heavy atom. The number of benzene rings is 2. The molecule has 0 aliphatic rings. The van der Waals surface area contributed by atoms with Gasteiger partial charge in [-0.15, -0.1) is 0 Å². The third kappa shape index (κ3) is 5.83. The quantitative estimate of drug-likeness (QED) is 0.562. The van der Waals surface area contributed by atoms with Crippen molar-refractivity contribution in [3.63, 3.8) is 0 Å². The molecule has 2 N–H and O–H groups in total. The van der Waals surface area contributed by atoms with Gasteiger partial charge in [0.15, 0.2) is 6.61 Å². The van der Waals surface area contributed by atoms with Crippen LogP contribution in [0.1, 0.15) is 11.3 Å². The number of hydrogen-bond donors (Lipinski definition) is 2. The van der Waals surface area contributed by atoms with Gasteiger partial charge in [0.25, 0.3) is 5.91 Å². The van der Waals surface area contributed by atoms with E-state index in [4.69, 9.17) is 20.8 Å². The van der Waals surface area contributed by atoms with Crippen LogP contribution in [0.5, 0.6) is 5.75 Å². The first-order valence-corrected chi connectivity index (χ1v) is 10.5. The summed E-state index contributed by atoms with van der Waals surface area (Å²) < 4.78 is 37.9. The van der Waals surface area contributed by atoms with E-state index in [1.54, 1.807) is 42.5 Å². The number of carbonyl (C=O) groups is 1. The fourth-order valence-corrected chi connectivity index (χ4v) is 3.61. The van der Waals surface area contributed by atoms with Crippen LogP contribution in [0, 0.1) is 6.92 Å². The van der Waals surface area contributed by atoms with Gasteiger partial charge in [0.1, 0.15) is 11.5 Å². The summed E-state index contributed by atoms with van der Waals surface area (Å²) in [6.07, 6.45) is 1.47. The Hall–Kier alpha value is -2.81. The van der Waals surface area contributed by atoms with Gasteiger partial charge in [0.05, 0.1) is 17.7 Å². The number of carbonyl (C=O) groups excluding carboxylic acids is 1. The molecule has 0 fully saturated rings. The molecule has 2 aromatic carbocycles. The first-order valence-electron chi connectivity index (χ1n) is 8.64. The van der Waals surface area contributed by atoms with E-state index < -0.39 is 15.9 Å². The number of rotatable bonds is 8. The lowest BCUT2D eigenvalue weighted by Gasteiger charge is -2.10. The zero-order chi connectivity index (χ0) is 20.9. The third-order valence-electron chi connectivity index (χ3n) is 3.94. The molecule has 0 saturated carbocycles. The van der Waals surface area contributed by atoms with Gasteiger partial charge in [0, 0.05) is 10.7 Å². The van der Waals surface area contributed by atoms with Gasteiger partial charge >= 0.3 is 0 Å². The summed E-state index contributed by atoms with van der Waals surface area (Å²) in [7, 11) is -3.76. The van der Waals surface area contributed by atoms with Crippen LogP contribution in [0.4, 0.5) is 5.69 Å². The molecule has 0 radical (unpaired) electrons. The largest absolute Gasteiger partial charge is 0.484 e. The number of furan rings is 1. The van der Waals surface area contributed by atoms with Crippen molar-refractivity contribution in [2.45, 2.75) is 18.4 Å². The number of anilines is 1. The lowest BCUT2D eigenvalue weighted by atomic mass is 10.2. The van der Waals surface area contributed by atoms with Crippen molar-refractivity contribution in [1.82, 2.24) is 4.72 Å². The van der Waals surface area contributed by atoms with Crippen molar-refractivity contribution in [2.75, 3.05) is 11.9 Å². The molecule has 0 unspecified atom stereocenters. The summed E-state index contributed by atoms with van der Waals surface area (Å²) in [4.78, 5) is 12.2. The summed E-state index contributed by atoms with van der Waals surface area (Å²) in [5, 5.41) is 3.23. The number of nitrogens with one attached hydrogen (secondary N) is 2. The summed E-state index contributed by atoms with van der Waals surface area (Å²) in [5.74, 6) is 0.587. The smallest absolute Gasteiger partial charge is 0.262 e. The second kappa shape index (κ2) is 9.13. The van der Waals surface area contributed by atoms with Gasteiger partial charge < -0.3 is 14.5 Å². The molecule has 1 heterocycles. The molecular formula is C20H19ClN2O5S. The summed E-state index contributed by atoms with van der Waals surface area (Å²) in [6.45, 7) is 1.64. The zero-order valence-corrected chi connectivity index (χ0v) is 17.1. The van der Waals surface area contributed by atoms with Crippen LogP contribution in [-0.2, 0) is 21.4 Å². The molecule has 3 aromatic rings. The second-order valence-electron chi connectivity index (χ2n) is 6.18. The van der Waals surface area contributed by atoms with Gasteiger partial charge in [-0.25, -0.2) is 13.1 Å². The minimum absolute atomic E-state index is 0.0242. The van der Waals surface area contributed by atoms with Gasteiger partial charge in [-0.2, -0.15) is 0 Å². The van der Waals surface area contributed by atoms with E-state index in [0.717, 1.165) is 5.56 Å². The Kier molecular flexibility index (Phi) is 6.58. The molecule has 0 aliphatic carbocycles. The van der Waals surface area contributed by atoms with Crippen LogP contribution in [0.2, 0.25) is 5.02 Å². The summed E-state index contributed by atoms with van der Waals surface area (Å²) in [5.41, 5.74) is 1.18. The number of halogens is 1. The molecule has 7 nitrogen and oxygen atoms in total. The van der Waals surface area contributed by atoms with E-state index in [-0.39, 0.29) is 18.0 Å². The fraction of sp³-hybridized carbons (Fsp3) is 0.150. The van der Waals surface area contributed by atoms with Gasteiger partial charge in [0.2, 0.25) is 10.0 Å². The lowest BCUT2D eigenvalue weighted by molar-refractivity contribution is -0.118. The summed E-state index contributed by atoms with van der Waals surface area (Å²) in [6, 6.07) is 14.4. The predicted octanol–water partition coefficient (Wildman–Crippen LogP) is 3.74. The van der Waals surface area contributed by atoms with Crippen LogP contribution in [0.3, 0.4) is 0 Å². The van der Waals surface area contributed by atoms with E-state index in [9.17, 15) is 13.2 Å². The second-order valence-corrected chi connectivity index (χ2v) is 8.35. The molecule has 9 heteroatoms. The highest BCUT2D eigenvalue weighted by atomic mass is 35.5. The number of aryl methyl sites for hydroxylation is 1. The molecule has 0 saturated heterocycles. The Morgan fingerprint density at radius 2 is 1.97 bits per heavy atom. The van der Waals surface area contributed by atoms with Crippen molar-refractivity contribution in [3.05, 3.63) is 77.2 Å². The minimum atomic E-state index is -3.76. The molecule has 3 rings (SSSR count). The maximum atomic E-state index is 12.4. The van der Waals surface area contributed by atoms with Crippen LogP contribution < -0.4 is 14.8 Å². The van der Waals surface area contributed by atoms with Crippen molar-refractivity contribution in [2.24, 2.45) is 0 Å². The van der Waals surface area contributed by atoms with Crippen LogP contribution in [-0.4, -0.2) is 20.9 Å². The van der Waals surface area contributed by atoms with E-state index in [1.807, 2.05) is 6.92 Å². The minimum Gasteiger partial charge on any atom is -0.484 e. The maximum absolute atomic E-state index is 12.4. The molecule has 0 bridgehead atoms. The molecule has 1 amide bonds. The highest BCUT2D eigenvalue weighted by molar-refractivity contribution is 7.89. The maximum Gasteiger partial charge on any atom is 0.262 e. The zero-order valence-electron chi connectivity index (χ0n) is 15.5. The highest BCUT2D eigenvalue weighted by Gasteiger charge is 2.15. The van der Waals surface area contributed by atoms with E-state index in [0.29, 0.717) is 22.2 Å². The topological polar surface area (TPSA) is 97.6 Å². The van der Waals surface area contributed by atoms with Crippen LogP contribution in [0.25, 0.3) is 0 Å². The van der Waals surface area contributed by atoms with Crippen molar-refractivity contribution in [1.29, 1.82) is 0 Å². The monoisotopic (exact) mass is 434 g/mol. The van der Waals surface area contributed by atoms with Crippen LogP contribution in [0.15, 0.2) is 70.2 Å². The molecule has 0 atom stereocenters. The van der Waals surface area contributed by atoms with Gasteiger partial charge in [-0.1, -0.05) is 17.7 Å². The molecule has 29 heavy (non-hydrogen) atoms. The van der Waals surface area contributed by atoms with E-state index in [2.05, 4.69) is 10.0 Å². The average Bonchev–Trinajstić information content (AvgIpc) is 3.21. The lowest BCUT2D eigenvalue weighted by Crippen LogP contribution is -2.24. The standard InChI is InChI=1S/C20H19ClN2O5S/c1-14-10-16(7-8-19(14)21)28-13-20(24)23-15-4-2-6-18(11-15)29(25,26)22-12-17-5-3-9-27-17/h2-11,22H,12-13H2,1H3,(H,23,24). The van der Waals surface area contributed by atoms with Crippen LogP contribution >= 0.6 is 11.6 Å². The number of amides is 1. The Bertz CT molecular complexity index is 1100. The fourth-order valence-electron chi connectivity index (χ4n) is 2.46. The Morgan fingerprint density at radius 1 is 1.14 bits per heavy atom. The third-order valence-corrected chi connectivity index (χ3v) is 5.77. The number of hydrogen-bond acceptors (Lipinski definition) is 5. The SMILES string of the molecule is Cc1cc(OCC(=O)Nc2cccc(S(=O)(=O)NCc3ccco3)c2)ccc1Cl.